The first kappa shape index (κ1) is 17.2. The zero-order valence-electron chi connectivity index (χ0n) is 13.8. The number of hydrogen-bond acceptors (Lipinski definition) is 4. The molecule has 3 rings (SSSR count). The highest BCUT2D eigenvalue weighted by molar-refractivity contribution is 7.89. The van der Waals surface area contributed by atoms with Gasteiger partial charge in [-0.3, -0.25) is 0 Å². The lowest BCUT2D eigenvalue weighted by molar-refractivity contribution is 0.414. The molecule has 0 saturated heterocycles. The molecule has 6 nitrogen and oxygen atoms in total. The molecule has 25 heavy (non-hydrogen) atoms. The molecule has 1 aromatic heterocycles. The minimum atomic E-state index is -3.59. The van der Waals surface area contributed by atoms with Crippen LogP contribution >= 0.6 is 0 Å². The van der Waals surface area contributed by atoms with E-state index < -0.39 is 10.0 Å². The Kier molecular flexibility index (Phi) is 5.16. The van der Waals surface area contributed by atoms with E-state index in [0.717, 1.165) is 11.1 Å². The second-order valence-electron chi connectivity index (χ2n) is 5.50. The van der Waals surface area contributed by atoms with E-state index in [-0.39, 0.29) is 11.4 Å². The largest absolute Gasteiger partial charge is 0.497 e. The average Bonchev–Trinajstić information content (AvgIpc) is 3.14. The van der Waals surface area contributed by atoms with Crippen molar-refractivity contribution < 1.29 is 13.2 Å². The van der Waals surface area contributed by atoms with Crippen LogP contribution in [0, 0.1) is 0 Å². The fourth-order valence-electron chi connectivity index (χ4n) is 2.47. The van der Waals surface area contributed by atoms with Crippen molar-refractivity contribution in [3.8, 4) is 5.75 Å². The summed E-state index contributed by atoms with van der Waals surface area (Å²) in [7, 11) is -2.05. The SMILES string of the molecule is COc1ccc(S(=O)(=O)NCc2ccccc2Cn2ccnc2)cc1. The van der Waals surface area contributed by atoms with Crippen molar-refractivity contribution in [3.05, 3.63) is 78.4 Å². The Hall–Kier alpha value is -2.64. The summed E-state index contributed by atoms with van der Waals surface area (Å²) < 4.78 is 34.6. The Bertz CT molecular complexity index is 920. The molecule has 0 radical (unpaired) electrons. The van der Waals surface area contributed by atoms with Gasteiger partial charge in [-0.1, -0.05) is 24.3 Å². The van der Waals surface area contributed by atoms with Gasteiger partial charge < -0.3 is 9.30 Å². The number of imidazole rings is 1. The molecule has 7 heteroatoms. The Labute approximate surface area is 147 Å². The van der Waals surface area contributed by atoms with E-state index >= 15 is 0 Å². The second-order valence-corrected chi connectivity index (χ2v) is 7.27. The van der Waals surface area contributed by atoms with Gasteiger partial charge in [0, 0.05) is 25.5 Å². The number of nitrogens with one attached hydrogen (secondary N) is 1. The van der Waals surface area contributed by atoms with E-state index in [4.69, 9.17) is 4.74 Å². The minimum absolute atomic E-state index is 0.209. The Morgan fingerprint density at radius 2 is 1.80 bits per heavy atom. The monoisotopic (exact) mass is 357 g/mol. The molecule has 0 amide bonds. The van der Waals surface area contributed by atoms with Crippen LogP contribution in [-0.2, 0) is 23.1 Å². The molecule has 0 aliphatic rings. The molecule has 1 heterocycles. The average molecular weight is 357 g/mol. The maximum atomic E-state index is 12.5. The number of rotatable bonds is 7. The third-order valence-corrected chi connectivity index (χ3v) is 5.27. The number of aromatic nitrogens is 2. The lowest BCUT2D eigenvalue weighted by Gasteiger charge is -2.12. The number of ether oxygens (including phenoxy) is 1. The molecule has 130 valence electrons. The highest BCUT2D eigenvalue weighted by Crippen LogP contribution is 2.16. The summed E-state index contributed by atoms with van der Waals surface area (Å²) in [5.74, 6) is 0.615. The molecular formula is C18H19N3O3S. The molecule has 0 aliphatic carbocycles. The van der Waals surface area contributed by atoms with Crippen LogP contribution in [-0.4, -0.2) is 25.1 Å². The number of benzene rings is 2. The molecule has 0 spiro atoms. The summed E-state index contributed by atoms with van der Waals surface area (Å²) >= 11 is 0. The number of sulfonamides is 1. The van der Waals surface area contributed by atoms with Crippen LogP contribution in [0.1, 0.15) is 11.1 Å². The first-order chi connectivity index (χ1) is 12.1. The van der Waals surface area contributed by atoms with Crippen molar-refractivity contribution in [3.63, 3.8) is 0 Å². The zero-order valence-corrected chi connectivity index (χ0v) is 14.6. The van der Waals surface area contributed by atoms with Crippen molar-refractivity contribution in [2.75, 3.05) is 7.11 Å². The molecule has 3 aromatic rings. The molecule has 0 atom stereocenters. The van der Waals surface area contributed by atoms with Gasteiger partial charge >= 0.3 is 0 Å². The highest BCUT2D eigenvalue weighted by Gasteiger charge is 2.14. The third kappa shape index (κ3) is 4.26. The quantitative estimate of drug-likeness (QED) is 0.705. The summed E-state index contributed by atoms with van der Waals surface area (Å²) in [5.41, 5.74) is 1.96. The number of hydrogen-bond donors (Lipinski definition) is 1. The van der Waals surface area contributed by atoms with Crippen LogP contribution in [0.15, 0.2) is 72.1 Å². The number of methoxy groups -OCH3 is 1. The van der Waals surface area contributed by atoms with E-state index in [9.17, 15) is 8.42 Å². The van der Waals surface area contributed by atoms with Gasteiger partial charge in [0.1, 0.15) is 5.75 Å². The molecular weight excluding hydrogens is 338 g/mol. The van der Waals surface area contributed by atoms with Crippen LogP contribution in [0.3, 0.4) is 0 Å². The normalized spacial score (nSPS) is 11.4. The summed E-state index contributed by atoms with van der Waals surface area (Å²) in [5, 5.41) is 0. The van der Waals surface area contributed by atoms with Crippen LogP contribution in [0.2, 0.25) is 0 Å². The fraction of sp³-hybridized carbons (Fsp3) is 0.167. The highest BCUT2D eigenvalue weighted by atomic mass is 32.2. The minimum Gasteiger partial charge on any atom is -0.497 e. The number of nitrogens with zero attached hydrogens (tertiary/aromatic N) is 2. The maximum Gasteiger partial charge on any atom is 0.240 e. The van der Waals surface area contributed by atoms with Gasteiger partial charge in [-0.15, -0.1) is 0 Å². The van der Waals surface area contributed by atoms with E-state index in [2.05, 4.69) is 9.71 Å². The molecule has 1 N–H and O–H groups in total. The molecule has 0 unspecified atom stereocenters. The predicted octanol–water partition coefficient (Wildman–Crippen LogP) is 2.42. The van der Waals surface area contributed by atoms with Crippen molar-refractivity contribution in [2.24, 2.45) is 0 Å². The van der Waals surface area contributed by atoms with Crippen molar-refractivity contribution in [2.45, 2.75) is 18.0 Å². The Morgan fingerprint density at radius 3 is 2.44 bits per heavy atom. The fourth-order valence-corrected chi connectivity index (χ4v) is 3.48. The Balaban J connectivity index is 1.74. The molecule has 0 bridgehead atoms. The van der Waals surface area contributed by atoms with Crippen LogP contribution in [0.25, 0.3) is 0 Å². The summed E-state index contributed by atoms with van der Waals surface area (Å²) in [6.45, 7) is 0.861. The van der Waals surface area contributed by atoms with Gasteiger partial charge in [-0.2, -0.15) is 0 Å². The first-order valence-corrected chi connectivity index (χ1v) is 9.23. The van der Waals surface area contributed by atoms with Crippen molar-refractivity contribution in [1.29, 1.82) is 0 Å². The summed E-state index contributed by atoms with van der Waals surface area (Å²) in [6, 6.07) is 14.0. The topological polar surface area (TPSA) is 73.2 Å². The molecule has 2 aromatic carbocycles. The second kappa shape index (κ2) is 7.50. The van der Waals surface area contributed by atoms with E-state index in [0.29, 0.717) is 12.3 Å². The van der Waals surface area contributed by atoms with Gasteiger partial charge in [0.15, 0.2) is 0 Å². The Morgan fingerprint density at radius 1 is 1.08 bits per heavy atom. The van der Waals surface area contributed by atoms with Gasteiger partial charge in [0.2, 0.25) is 10.0 Å². The van der Waals surface area contributed by atoms with Gasteiger partial charge in [-0.05, 0) is 35.4 Å². The lowest BCUT2D eigenvalue weighted by atomic mass is 10.1. The van der Waals surface area contributed by atoms with Crippen molar-refractivity contribution in [1.82, 2.24) is 14.3 Å². The smallest absolute Gasteiger partial charge is 0.240 e. The van der Waals surface area contributed by atoms with Crippen molar-refractivity contribution >= 4 is 10.0 Å². The van der Waals surface area contributed by atoms with Gasteiger partial charge in [0.05, 0.1) is 18.3 Å². The van der Waals surface area contributed by atoms with Gasteiger partial charge in [0.25, 0.3) is 0 Å². The van der Waals surface area contributed by atoms with E-state index in [1.807, 2.05) is 35.0 Å². The zero-order chi connectivity index (χ0) is 17.7. The predicted molar refractivity (Wildman–Crippen MR) is 94.8 cm³/mol. The molecule has 0 fully saturated rings. The van der Waals surface area contributed by atoms with Crippen LogP contribution < -0.4 is 9.46 Å². The molecule has 0 saturated carbocycles. The van der Waals surface area contributed by atoms with Crippen LogP contribution in [0.4, 0.5) is 0 Å². The standard InChI is InChI=1S/C18H19N3O3S/c1-24-17-6-8-18(9-7-17)25(22,23)20-12-15-4-2-3-5-16(15)13-21-11-10-19-14-21/h2-11,14,20H,12-13H2,1H3. The summed E-state index contributed by atoms with van der Waals surface area (Å²) in [6.07, 6.45) is 5.33. The van der Waals surface area contributed by atoms with E-state index in [1.165, 1.54) is 12.1 Å². The maximum absolute atomic E-state index is 12.5. The van der Waals surface area contributed by atoms with E-state index in [1.54, 1.807) is 31.8 Å². The van der Waals surface area contributed by atoms with Gasteiger partial charge in [-0.25, -0.2) is 18.1 Å². The summed E-state index contributed by atoms with van der Waals surface area (Å²) in [4.78, 5) is 4.24. The lowest BCUT2D eigenvalue weighted by Crippen LogP contribution is -2.24. The molecule has 0 aliphatic heterocycles. The van der Waals surface area contributed by atoms with Crippen LogP contribution in [0.5, 0.6) is 5.75 Å². The third-order valence-electron chi connectivity index (χ3n) is 3.85. The first-order valence-electron chi connectivity index (χ1n) is 7.75.